The molecule has 2 rings (SSSR count). The molecule has 0 aromatic heterocycles. The third-order valence-electron chi connectivity index (χ3n) is 3.44. The Hall–Kier alpha value is -1.10. The van der Waals surface area contributed by atoms with Crippen molar-refractivity contribution in [2.45, 2.75) is 37.8 Å². The summed E-state index contributed by atoms with van der Waals surface area (Å²) in [6.07, 6.45) is 3.67. The number of hydrogen-bond donors (Lipinski definition) is 2. The lowest BCUT2D eigenvalue weighted by Gasteiger charge is -2.26. The van der Waals surface area contributed by atoms with Crippen LogP contribution in [0.4, 0.5) is 0 Å². The molecular weight excluding hydrogens is 206 g/mol. The minimum atomic E-state index is -0.250. The van der Waals surface area contributed by atoms with E-state index in [1.807, 2.05) is 0 Å². The van der Waals surface area contributed by atoms with Gasteiger partial charge in [0.2, 0.25) is 11.8 Å². The highest BCUT2D eigenvalue weighted by Crippen LogP contribution is 2.20. The number of amides is 2. The molecule has 0 bridgehead atoms. The molecule has 2 unspecified atom stereocenters. The number of hydrogen-bond acceptors (Lipinski definition) is 3. The molecular formula is C11H19N3O2. The normalized spacial score (nSPS) is 29.4. The molecule has 2 aliphatic heterocycles. The zero-order valence-corrected chi connectivity index (χ0v) is 9.66. The smallest absolute Gasteiger partial charge is 0.242 e. The summed E-state index contributed by atoms with van der Waals surface area (Å²) in [6, 6.07) is -0.315. The number of carbonyl (C=O) groups excluding carboxylic acids is 2. The summed E-state index contributed by atoms with van der Waals surface area (Å²) in [7, 11) is 1.62. The second-order valence-corrected chi connectivity index (χ2v) is 4.45. The highest BCUT2D eigenvalue weighted by atomic mass is 16.2. The average Bonchev–Trinajstić information content (AvgIpc) is 2.97. The van der Waals surface area contributed by atoms with Crippen LogP contribution in [0.1, 0.15) is 25.7 Å². The van der Waals surface area contributed by atoms with Crippen LogP contribution in [0.15, 0.2) is 0 Å². The van der Waals surface area contributed by atoms with Crippen molar-refractivity contribution in [2.75, 3.05) is 20.1 Å². The van der Waals surface area contributed by atoms with Crippen LogP contribution in [-0.4, -0.2) is 48.9 Å². The lowest BCUT2D eigenvalue weighted by molar-refractivity contribution is -0.139. The van der Waals surface area contributed by atoms with E-state index in [0.717, 1.165) is 38.8 Å². The fourth-order valence-corrected chi connectivity index (χ4v) is 2.57. The van der Waals surface area contributed by atoms with Crippen LogP contribution in [0.25, 0.3) is 0 Å². The van der Waals surface area contributed by atoms with Crippen molar-refractivity contribution in [3.8, 4) is 0 Å². The molecule has 0 aliphatic carbocycles. The lowest BCUT2D eigenvalue weighted by atomic mass is 10.1. The van der Waals surface area contributed by atoms with E-state index in [-0.39, 0.29) is 23.9 Å². The van der Waals surface area contributed by atoms with Gasteiger partial charge in [0, 0.05) is 13.6 Å². The third kappa shape index (κ3) is 2.04. The van der Waals surface area contributed by atoms with Crippen LogP contribution in [0, 0.1) is 0 Å². The number of likely N-dealkylation sites (N-methyl/N-ethyl adjacent to an activating group) is 1. The minimum absolute atomic E-state index is 0.0381. The Kier molecular flexibility index (Phi) is 3.43. The summed E-state index contributed by atoms with van der Waals surface area (Å²) in [4.78, 5) is 25.5. The van der Waals surface area contributed by atoms with E-state index in [0.29, 0.717) is 0 Å². The number of carbonyl (C=O) groups is 2. The number of nitrogens with one attached hydrogen (secondary N) is 2. The van der Waals surface area contributed by atoms with Crippen molar-refractivity contribution < 1.29 is 9.59 Å². The van der Waals surface area contributed by atoms with Gasteiger partial charge in [0.25, 0.3) is 0 Å². The number of rotatable bonds is 2. The zero-order valence-electron chi connectivity index (χ0n) is 9.66. The monoisotopic (exact) mass is 225 g/mol. The van der Waals surface area contributed by atoms with Gasteiger partial charge in [-0.15, -0.1) is 0 Å². The summed E-state index contributed by atoms with van der Waals surface area (Å²) in [6.45, 7) is 1.63. The summed E-state index contributed by atoms with van der Waals surface area (Å²) >= 11 is 0. The van der Waals surface area contributed by atoms with Gasteiger partial charge in [0.15, 0.2) is 0 Å². The maximum atomic E-state index is 12.2. The van der Waals surface area contributed by atoms with E-state index in [2.05, 4.69) is 10.6 Å². The maximum Gasteiger partial charge on any atom is 0.242 e. The Morgan fingerprint density at radius 2 is 2.12 bits per heavy atom. The van der Waals surface area contributed by atoms with Gasteiger partial charge in [-0.05, 0) is 32.2 Å². The first kappa shape index (κ1) is 11.4. The molecule has 90 valence electrons. The van der Waals surface area contributed by atoms with Crippen LogP contribution in [0.3, 0.4) is 0 Å². The molecule has 2 fully saturated rings. The van der Waals surface area contributed by atoms with E-state index >= 15 is 0 Å². The Morgan fingerprint density at radius 1 is 1.31 bits per heavy atom. The summed E-state index contributed by atoms with van der Waals surface area (Å²) in [5.41, 5.74) is 0. The fraction of sp³-hybridized carbons (Fsp3) is 0.818. The summed E-state index contributed by atoms with van der Waals surface area (Å²) < 4.78 is 0. The Balaban J connectivity index is 2.01. The highest BCUT2D eigenvalue weighted by Gasteiger charge is 2.37. The van der Waals surface area contributed by atoms with Gasteiger partial charge in [-0.2, -0.15) is 0 Å². The van der Waals surface area contributed by atoms with Gasteiger partial charge in [0.1, 0.15) is 6.04 Å². The van der Waals surface area contributed by atoms with Crippen molar-refractivity contribution in [2.24, 2.45) is 0 Å². The van der Waals surface area contributed by atoms with Crippen molar-refractivity contribution in [3.63, 3.8) is 0 Å². The SMILES string of the molecule is CNC(=O)C1CCCN1C(=O)C1CCCN1. The van der Waals surface area contributed by atoms with E-state index < -0.39 is 0 Å². The Labute approximate surface area is 95.6 Å². The minimum Gasteiger partial charge on any atom is -0.357 e. The second-order valence-electron chi connectivity index (χ2n) is 4.45. The molecule has 5 heteroatoms. The zero-order chi connectivity index (χ0) is 11.5. The van der Waals surface area contributed by atoms with Crippen molar-refractivity contribution in [1.82, 2.24) is 15.5 Å². The molecule has 2 saturated heterocycles. The predicted octanol–water partition coefficient (Wildman–Crippen LogP) is -0.525. The van der Waals surface area contributed by atoms with E-state index in [9.17, 15) is 9.59 Å². The number of nitrogens with zero attached hydrogens (tertiary/aromatic N) is 1. The van der Waals surface area contributed by atoms with E-state index in [4.69, 9.17) is 0 Å². The summed E-state index contributed by atoms with van der Waals surface area (Å²) in [5, 5.41) is 5.82. The Morgan fingerprint density at radius 3 is 2.75 bits per heavy atom. The molecule has 0 spiro atoms. The van der Waals surface area contributed by atoms with Crippen molar-refractivity contribution in [1.29, 1.82) is 0 Å². The van der Waals surface area contributed by atoms with Crippen molar-refractivity contribution >= 4 is 11.8 Å². The average molecular weight is 225 g/mol. The predicted molar refractivity (Wildman–Crippen MR) is 59.8 cm³/mol. The fourth-order valence-electron chi connectivity index (χ4n) is 2.57. The molecule has 16 heavy (non-hydrogen) atoms. The standard InChI is InChI=1S/C11H19N3O2/c1-12-10(15)9-5-3-7-14(9)11(16)8-4-2-6-13-8/h8-9,13H,2-7H2,1H3,(H,12,15). The molecule has 0 aromatic rings. The lowest BCUT2D eigenvalue weighted by Crippen LogP contribution is -2.50. The molecule has 2 amide bonds. The van der Waals surface area contributed by atoms with Crippen LogP contribution < -0.4 is 10.6 Å². The molecule has 2 atom stereocenters. The quantitative estimate of drug-likeness (QED) is 0.664. The number of likely N-dealkylation sites (tertiary alicyclic amines) is 1. The van der Waals surface area contributed by atoms with Crippen molar-refractivity contribution in [3.05, 3.63) is 0 Å². The first-order valence-corrected chi connectivity index (χ1v) is 5.99. The molecule has 0 saturated carbocycles. The van der Waals surface area contributed by atoms with Gasteiger partial charge >= 0.3 is 0 Å². The third-order valence-corrected chi connectivity index (χ3v) is 3.44. The van der Waals surface area contributed by atoms with Crippen LogP contribution in [-0.2, 0) is 9.59 Å². The molecule has 0 radical (unpaired) electrons. The largest absolute Gasteiger partial charge is 0.357 e. The molecule has 5 nitrogen and oxygen atoms in total. The van der Waals surface area contributed by atoms with E-state index in [1.54, 1.807) is 11.9 Å². The van der Waals surface area contributed by atoms with Crippen LogP contribution in [0.2, 0.25) is 0 Å². The van der Waals surface area contributed by atoms with Gasteiger partial charge in [0.05, 0.1) is 6.04 Å². The Bertz CT molecular complexity index is 287. The second kappa shape index (κ2) is 4.82. The van der Waals surface area contributed by atoms with E-state index in [1.165, 1.54) is 0 Å². The molecule has 0 aromatic carbocycles. The van der Waals surface area contributed by atoms with Crippen LogP contribution in [0.5, 0.6) is 0 Å². The first-order chi connectivity index (χ1) is 7.74. The van der Waals surface area contributed by atoms with Gasteiger partial charge in [-0.1, -0.05) is 0 Å². The van der Waals surface area contributed by atoms with Gasteiger partial charge < -0.3 is 15.5 Å². The summed E-state index contributed by atoms with van der Waals surface area (Å²) in [5.74, 6) is 0.0625. The van der Waals surface area contributed by atoms with Gasteiger partial charge in [-0.25, -0.2) is 0 Å². The highest BCUT2D eigenvalue weighted by molar-refractivity contribution is 5.90. The molecule has 2 aliphatic rings. The first-order valence-electron chi connectivity index (χ1n) is 5.99. The van der Waals surface area contributed by atoms with Gasteiger partial charge in [-0.3, -0.25) is 9.59 Å². The maximum absolute atomic E-state index is 12.2. The van der Waals surface area contributed by atoms with Crippen LogP contribution >= 0.6 is 0 Å². The topological polar surface area (TPSA) is 61.4 Å². The molecule has 2 heterocycles. The molecule has 2 N–H and O–H groups in total.